The molecule has 0 atom stereocenters. The van der Waals surface area contributed by atoms with Gasteiger partial charge in [0.05, 0.1) is 19.8 Å². The first-order chi connectivity index (χ1) is 7.43. The van der Waals surface area contributed by atoms with Crippen molar-refractivity contribution in [3.05, 3.63) is 11.6 Å². The van der Waals surface area contributed by atoms with Gasteiger partial charge in [0.15, 0.2) is 0 Å². The molecular formula is C12H23NO2. The standard InChI is InChI=1S/C12H23NO2/c1-2-3-8-14-9-10-15-11-12-4-6-13-7-5-12/h4,13H,2-3,5-11H2,1H3. The molecule has 1 aliphatic rings. The van der Waals surface area contributed by atoms with E-state index in [0.717, 1.165) is 45.8 Å². The Morgan fingerprint density at radius 3 is 2.87 bits per heavy atom. The molecule has 0 fully saturated rings. The predicted octanol–water partition coefficient (Wildman–Crippen LogP) is 1.74. The minimum absolute atomic E-state index is 0.717. The zero-order chi connectivity index (χ0) is 10.8. The van der Waals surface area contributed by atoms with Crippen molar-refractivity contribution < 1.29 is 9.47 Å². The van der Waals surface area contributed by atoms with Crippen LogP contribution in [0.1, 0.15) is 26.2 Å². The van der Waals surface area contributed by atoms with Gasteiger partial charge in [0.2, 0.25) is 0 Å². The van der Waals surface area contributed by atoms with Gasteiger partial charge in [-0.2, -0.15) is 0 Å². The molecule has 0 aromatic rings. The van der Waals surface area contributed by atoms with Crippen LogP contribution in [-0.4, -0.2) is 39.5 Å². The highest BCUT2D eigenvalue weighted by Crippen LogP contribution is 2.04. The molecular weight excluding hydrogens is 190 g/mol. The summed E-state index contributed by atoms with van der Waals surface area (Å²) < 4.78 is 10.9. The van der Waals surface area contributed by atoms with Crippen LogP contribution in [0.3, 0.4) is 0 Å². The summed E-state index contributed by atoms with van der Waals surface area (Å²) in [5.41, 5.74) is 1.42. The molecule has 3 heteroatoms. The number of nitrogens with one attached hydrogen (secondary N) is 1. The van der Waals surface area contributed by atoms with Crippen LogP contribution >= 0.6 is 0 Å². The fourth-order valence-electron chi connectivity index (χ4n) is 1.47. The largest absolute Gasteiger partial charge is 0.379 e. The van der Waals surface area contributed by atoms with Gasteiger partial charge in [0.1, 0.15) is 0 Å². The maximum absolute atomic E-state index is 5.53. The lowest BCUT2D eigenvalue weighted by Gasteiger charge is -2.14. The molecule has 1 heterocycles. The highest BCUT2D eigenvalue weighted by molar-refractivity contribution is 5.06. The van der Waals surface area contributed by atoms with Crippen LogP contribution in [-0.2, 0) is 9.47 Å². The van der Waals surface area contributed by atoms with Crippen molar-refractivity contribution >= 4 is 0 Å². The summed E-state index contributed by atoms with van der Waals surface area (Å²) in [5.74, 6) is 0. The second kappa shape index (κ2) is 8.89. The average molecular weight is 213 g/mol. The molecule has 0 bridgehead atoms. The number of rotatable bonds is 8. The third-order valence-corrected chi connectivity index (χ3v) is 2.46. The number of hydrogen-bond acceptors (Lipinski definition) is 3. The van der Waals surface area contributed by atoms with Crippen molar-refractivity contribution in [2.45, 2.75) is 26.2 Å². The summed E-state index contributed by atoms with van der Waals surface area (Å²) in [5, 5.41) is 3.28. The van der Waals surface area contributed by atoms with Crippen molar-refractivity contribution in [1.82, 2.24) is 5.32 Å². The smallest absolute Gasteiger partial charge is 0.0704 e. The summed E-state index contributed by atoms with van der Waals surface area (Å²) in [6.07, 6.45) is 5.69. The van der Waals surface area contributed by atoms with Crippen molar-refractivity contribution in [2.24, 2.45) is 0 Å². The fourth-order valence-corrected chi connectivity index (χ4v) is 1.47. The molecule has 0 radical (unpaired) electrons. The third-order valence-electron chi connectivity index (χ3n) is 2.46. The van der Waals surface area contributed by atoms with Crippen LogP contribution in [0.5, 0.6) is 0 Å². The Bertz CT molecular complexity index is 180. The molecule has 0 aromatic carbocycles. The maximum Gasteiger partial charge on any atom is 0.0704 e. The number of unbranched alkanes of at least 4 members (excludes halogenated alkanes) is 1. The molecule has 88 valence electrons. The highest BCUT2D eigenvalue weighted by atomic mass is 16.5. The SMILES string of the molecule is CCCCOCCOCC1=CCNCC1. The molecule has 15 heavy (non-hydrogen) atoms. The van der Waals surface area contributed by atoms with Crippen LogP contribution < -0.4 is 5.32 Å². The average Bonchev–Trinajstić information content (AvgIpc) is 2.29. The van der Waals surface area contributed by atoms with Gasteiger partial charge in [-0.1, -0.05) is 19.4 Å². The van der Waals surface area contributed by atoms with Crippen LogP contribution in [0.2, 0.25) is 0 Å². The zero-order valence-electron chi connectivity index (χ0n) is 9.76. The highest BCUT2D eigenvalue weighted by Gasteiger charge is 2.02. The molecule has 0 aliphatic carbocycles. The molecule has 0 saturated carbocycles. The summed E-state index contributed by atoms with van der Waals surface area (Å²) >= 11 is 0. The molecule has 0 amide bonds. The first-order valence-corrected chi connectivity index (χ1v) is 5.97. The van der Waals surface area contributed by atoms with Crippen LogP contribution in [0.4, 0.5) is 0 Å². The molecule has 1 aliphatic heterocycles. The van der Waals surface area contributed by atoms with Crippen molar-refractivity contribution in [3.63, 3.8) is 0 Å². The van der Waals surface area contributed by atoms with E-state index in [2.05, 4.69) is 18.3 Å². The molecule has 3 nitrogen and oxygen atoms in total. The van der Waals surface area contributed by atoms with Crippen LogP contribution in [0, 0.1) is 0 Å². The van der Waals surface area contributed by atoms with E-state index in [1.165, 1.54) is 12.0 Å². The third kappa shape index (κ3) is 6.66. The summed E-state index contributed by atoms with van der Waals surface area (Å²) in [4.78, 5) is 0. The summed E-state index contributed by atoms with van der Waals surface area (Å²) in [6.45, 7) is 7.34. The lowest BCUT2D eigenvalue weighted by molar-refractivity contribution is 0.0542. The Labute approximate surface area is 92.8 Å². The topological polar surface area (TPSA) is 30.5 Å². The van der Waals surface area contributed by atoms with Crippen molar-refractivity contribution in [1.29, 1.82) is 0 Å². The number of ether oxygens (including phenoxy) is 2. The second-order valence-corrected chi connectivity index (χ2v) is 3.84. The second-order valence-electron chi connectivity index (χ2n) is 3.84. The Balaban J connectivity index is 1.86. The van der Waals surface area contributed by atoms with Gasteiger partial charge in [-0.15, -0.1) is 0 Å². The predicted molar refractivity (Wildman–Crippen MR) is 62.1 cm³/mol. The fraction of sp³-hybridized carbons (Fsp3) is 0.833. The summed E-state index contributed by atoms with van der Waals surface area (Å²) in [7, 11) is 0. The van der Waals surface area contributed by atoms with E-state index < -0.39 is 0 Å². The van der Waals surface area contributed by atoms with E-state index in [0.29, 0.717) is 6.61 Å². The van der Waals surface area contributed by atoms with Gasteiger partial charge < -0.3 is 14.8 Å². The zero-order valence-corrected chi connectivity index (χ0v) is 9.76. The molecule has 1 rings (SSSR count). The first kappa shape index (κ1) is 12.7. The van der Waals surface area contributed by atoms with E-state index in [9.17, 15) is 0 Å². The van der Waals surface area contributed by atoms with E-state index in [-0.39, 0.29) is 0 Å². The maximum atomic E-state index is 5.53. The van der Waals surface area contributed by atoms with Crippen LogP contribution in [0.25, 0.3) is 0 Å². The minimum atomic E-state index is 0.717. The Morgan fingerprint density at radius 1 is 1.27 bits per heavy atom. The van der Waals surface area contributed by atoms with E-state index in [4.69, 9.17) is 9.47 Å². The Kier molecular flexibility index (Phi) is 7.52. The lowest BCUT2D eigenvalue weighted by Crippen LogP contribution is -2.22. The van der Waals surface area contributed by atoms with Gasteiger partial charge in [0, 0.05) is 13.2 Å². The minimum Gasteiger partial charge on any atom is -0.379 e. The molecule has 0 aromatic heterocycles. The van der Waals surface area contributed by atoms with E-state index in [1.54, 1.807) is 0 Å². The number of hydrogen-bond donors (Lipinski definition) is 1. The quantitative estimate of drug-likeness (QED) is 0.492. The van der Waals surface area contributed by atoms with Gasteiger partial charge in [-0.25, -0.2) is 0 Å². The van der Waals surface area contributed by atoms with Crippen molar-refractivity contribution in [3.8, 4) is 0 Å². The molecule has 0 unspecified atom stereocenters. The monoisotopic (exact) mass is 213 g/mol. The van der Waals surface area contributed by atoms with Gasteiger partial charge in [-0.05, 0) is 25.0 Å². The molecule has 0 saturated heterocycles. The lowest BCUT2D eigenvalue weighted by atomic mass is 10.1. The first-order valence-electron chi connectivity index (χ1n) is 5.97. The van der Waals surface area contributed by atoms with Gasteiger partial charge in [0.25, 0.3) is 0 Å². The van der Waals surface area contributed by atoms with E-state index >= 15 is 0 Å². The Morgan fingerprint density at radius 2 is 2.13 bits per heavy atom. The van der Waals surface area contributed by atoms with Crippen molar-refractivity contribution in [2.75, 3.05) is 39.5 Å². The van der Waals surface area contributed by atoms with Crippen LogP contribution in [0.15, 0.2) is 11.6 Å². The molecule has 0 spiro atoms. The van der Waals surface area contributed by atoms with E-state index in [1.807, 2.05) is 0 Å². The Hall–Kier alpha value is -0.380. The summed E-state index contributed by atoms with van der Waals surface area (Å²) in [6, 6.07) is 0. The van der Waals surface area contributed by atoms with Gasteiger partial charge >= 0.3 is 0 Å². The van der Waals surface area contributed by atoms with Gasteiger partial charge in [-0.3, -0.25) is 0 Å². The molecule has 1 N–H and O–H groups in total. The normalized spacial score (nSPS) is 16.5.